The van der Waals surface area contributed by atoms with E-state index in [1.54, 1.807) is 0 Å². The lowest BCUT2D eigenvalue weighted by atomic mass is 10.0. The van der Waals surface area contributed by atoms with Crippen LogP contribution >= 0.6 is 0 Å². The van der Waals surface area contributed by atoms with Gasteiger partial charge in [-0.1, -0.05) is 127 Å². The molecule has 4 nitrogen and oxygen atoms in total. The first-order valence-corrected chi connectivity index (χ1v) is 15.1. The molecule has 0 bridgehead atoms. The minimum absolute atomic E-state index is 0. The molecule has 9 aromatic rings. The van der Waals surface area contributed by atoms with Crippen molar-refractivity contribution in [3.05, 3.63) is 158 Å². The van der Waals surface area contributed by atoms with Gasteiger partial charge in [0.15, 0.2) is 17.5 Å². The van der Waals surface area contributed by atoms with Crippen molar-refractivity contribution in [3.63, 3.8) is 0 Å². The van der Waals surface area contributed by atoms with Crippen molar-refractivity contribution in [2.45, 2.75) is 0 Å². The van der Waals surface area contributed by atoms with Crippen LogP contribution in [0.3, 0.4) is 0 Å². The van der Waals surface area contributed by atoms with Gasteiger partial charge in [0.2, 0.25) is 0 Å². The SMILES string of the molecule is [H-].[H-].c1ccc(-c2nc(-c3ccc4ccccc4c3)nc(-c3ccc(-n4c5ccccc5c5ccccc54)c4ccccc34)n2)cc1. The Morgan fingerprint density at radius 3 is 1.67 bits per heavy atom. The Morgan fingerprint density at radius 1 is 0.378 bits per heavy atom. The molecule has 214 valence electrons. The minimum Gasteiger partial charge on any atom is -1.00 e. The maximum atomic E-state index is 5.12. The summed E-state index contributed by atoms with van der Waals surface area (Å²) in [5.74, 6) is 1.96. The summed E-state index contributed by atoms with van der Waals surface area (Å²) in [7, 11) is 0. The van der Waals surface area contributed by atoms with E-state index >= 15 is 0 Å². The molecule has 0 N–H and O–H groups in total. The Kier molecular flexibility index (Phi) is 5.78. The van der Waals surface area contributed by atoms with Crippen LogP contribution in [0.4, 0.5) is 0 Å². The zero-order valence-electron chi connectivity index (χ0n) is 26.3. The summed E-state index contributed by atoms with van der Waals surface area (Å²) in [6, 6.07) is 55.1. The van der Waals surface area contributed by atoms with Gasteiger partial charge in [-0.2, -0.15) is 0 Å². The maximum absolute atomic E-state index is 5.12. The van der Waals surface area contributed by atoms with Crippen molar-refractivity contribution in [2.24, 2.45) is 0 Å². The van der Waals surface area contributed by atoms with Crippen molar-refractivity contribution >= 4 is 43.4 Å². The molecule has 45 heavy (non-hydrogen) atoms. The average Bonchev–Trinajstić information content (AvgIpc) is 3.45. The molecule has 0 amide bonds. The van der Waals surface area contributed by atoms with Gasteiger partial charge in [0.25, 0.3) is 0 Å². The summed E-state index contributed by atoms with van der Waals surface area (Å²) in [4.78, 5) is 15.2. The number of para-hydroxylation sites is 2. The fourth-order valence-corrected chi connectivity index (χ4v) is 6.53. The van der Waals surface area contributed by atoms with Gasteiger partial charge >= 0.3 is 0 Å². The van der Waals surface area contributed by atoms with E-state index in [0.717, 1.165) is 38.5 Å². The fraction of sp³-hybridized carbons (Fsp3) is 0. The quantitative estimate of drug-likeness (QED) is 0.209. The molecule has 0 aliphatic carbocycles. The van der Waals surface area contributed by atoms with E-state index in [1.165, 1.54) is 27.2 Å². The summed E-state index contributed by atoms with van der Waals surface area (Å²) in [6.45, 7) is 0. The summed E-state index contributed by atoms with van der Waals surface area (Å²) < 4.78 is 2.38. The van der Waals surface area contributed by atoms with E-state index in [-0.39, 0.29) is 2.85 Å². The number of rotatable bonds is 4. The highest BCUT2D eigenvalue weighted by Gasteiger charge is 2.18. The molecule has 2 aromatic heterocycles. The first-order valence-electron chi connectivity index (χ1n) is 15.1. The molecule has 2 heterocycles. The molecular weight excluding hydrogens is 548 g/mol. The molecule has 0 unspecified atom stereocenters. The summed E-state index contributed by atoms with van der Waals surface area (Å²) >= 11 is 0. The number of benzene rings is 7. The predicted molar refractivity (Wildman–Crippen MR) is 188 cm³/mol. The van der Waals surface area contributed by atoms with E-state index in [0.29, 0.717) is 17.5 Å². The van der Waals surface area contributed by atoms with E-state index in [2.05, 4.69) is 132 Å². The van der Waals surface area contributed by atoms with Crippen LogP contribution in [0.2, 0.25) is 0 Å². The van der Waals surface area contributed by atoms with Crippen molar-refractivity contribution in [2.75, 3.05) is 0 Å². The van der Waals surface area contributed by atoms with Crippen LogP contribution in [0.1, 0.15) is 2.85 Å². The van der Waals surface area contributed by atoms with E-state index in [1.807, 2.05) is 30.3 Å². The summed E-state index contributed by atoms with van der Waals surface area (Å²) in [6.07, 6.45) is 0. The van der Waals surface area contributed by atoms with Crippen molar-refractivity contribution in [3.8, 4) is 39.9 Å². The number of nitrogens with zero attached hydrogens (tertiary/aromatic N) is 4. The molecule has 4 heteroatoms. The van der Waals surface area contributed by atoms with Gasteiger partial charge in [0.05, 0.1) is 16.7 Å². The highest BCUT2D eigenvalue weighted by Crippen LogP contribution is 2.38. The third-order valence-electron chi connectivity index (χ3n) is 8.64. The second-order valence-corrected chi connectivity index (χ2v) is 11.3. The lowest BCUT2D eigenvalue weighted by Crippen LogP contribution is -2.01. The van der Waals surface area contributed by atoms with Crippen LogP contribution in [0, 0.1) is 0 Å². The second-order valence-electron chi connectivity index (χ2n) is 11.3. The van der Waals surface area contributed by atoms with Crippen LogP contribution in [0.5, 0.6) is 0 Å². The Labute approximate surface area is 262 Å². The monoisotopic (exact) mass is 576 g/mol. The highest BCUT2D eigenvalue weighted by molar-refractivity contribution is 6.11. The number of hydrogen-bond donors (Lipinski definition) is 0. The first kappa shape index (κ1) is 25.4. The zero-order valence-corrected chi connectivity index (χ0v) is 24.3. The Morgan fingerprint density at radius 2 is 0.933 bits per heavy atom. The minimum atomic E-state index is 0. The van der Waals surface area contributed by atoms with Crippen LogP contribution in [-0.4, -0.2) is 19.5 Å². The van der Waals surface area contributed by atoms with Gasteiger partial charge in [0.1, 0.15) is 0 Å². The highest BCUT2D eigenvalue weighted by atomic mass is 15.0. The average molecular weight is 577 g/mol. The van der Waals surface area contributed by atoms with E-state index in [9.17, 15) is 0 Å². The third-order valence-corrected chi connectivity index (χ3v) is 8.64. The van der Waals surface area contributed by atoms with Gasteiger partial charge < -0.3 is 7.42 Å². The molecule has 0 spiro atoms. The van der Waals surface area contributed by atoms with Gasteiger partial charge in [-0.05, 0) is 46.5 Å². The lowest BCUT2D eigenvalue weighted by Gasteiger charge is -2.15. The first-order chi connectivity index (χ1) is 22.3. The van der Waals surface area contributed by atoms with Crippen molar-refractivity contribution in [1.29, 1.82) is 0 Å². The summed E-state index contributed by atoms with van der Waals surface area (Å²) in [5, 5.41) is 7.05. The Bertz CT molecular complexity index is 2510. The standard InChI is InChI=1S/C41H26N4.2H/c1-2-13-28(14-3-1)39-42-40(30-23-22-27-12-4-5-15-29(27)26-30)44-41(43-39)35-24-25-38(32-17-7-6-16-31(32)35)45-36-20-10-8-18-33(36)34-19-9-11-21-37(34)45;;/h1-26H;;/q;2*-1. The van der Waals surface area contributed by atoms with Gasteiger partial charge in [0, 0.05) is 32.8 Å². The van der Waals surface area contributed by atoms with Crippen molar-refractivity contribution < 1.29 is 2.85 Å². The molecule has 0 atom stereocenters. The van der Waals surface area contributed by atoms with Gasteiger partial charge in [-0.15, -0.1) is 0 Å². The number of hydrogen-bond acceptors (Lipinski definition) is 3. The van der Waals surface area contributed by atoms with Gasteiger partial charge in [-0.25, -0.2) is 15.0 Å². The Balaban J connectivity index is 0.00000176. The summed E-state index contributed by atoms with van der Waals surface area (Å²) in [5.41, 5.74) is 6.37. The second kappa shape index (κ2) is 10.2. The Hall–Kier alpha value is -6.13. The maximum Gasteiger partial charge on any atom is 0.164 e. The number of aromatic nitrogens is 4. The third kappa shape index (κ3) is 4.19. The molecule has 0 radical (unpaired) electrons. The van der Waals surface area contributed by atoms with Crippen molar-refractivity contribution in [1.82, 2.24) is 19.5 Å². The lowest BCUT2D eigenvalue weighted by molar-refractivity contribution is 1.08. The van der Waals surface area contributed by atoms with Crippen LogP contribution in [-0.2, 0) is 0 Å². The fourth-order valence-electron chi connectivity index (χ4n) is 6.53. The van der Waals surface area contributed by atoms with Crippen LogP contribution in [0.25, 0.3) is 83.2 Å². The topological polar surface area (TPSA) is 43.6 Å². The van der Waals surface area contributed by atoms with E-state index < -0.39 is 0 Å². The largest absolute Gasteiger partial charge is 1.00 e. The smallest absolute Gasteiger partial charge is 0.164 e. The normalized spacial score (nSPS) is 11.6. The molecule has 0 fully saturated rings. The molecular formula is C41H28N4-2. The molecule has 0 saturated carbocycles. The zero-order chi connectivity index (χ0) is 29.7. The van der Waals surface area contributed by atoms with E-state index in [4.69, 9.17) is 15.0 Å². The van der Waals surface area contributed by atoms with Crippen LogP contribution < -0.4 is 0 Å². The predicted octanol–water partition coefficient (Wildman–Crippen LogP) is 10.5. The molecule has 7 aromatic carbocycles. The molecule has 9 rings (SSSR count). The van der Waals surface area contributed by atoms with Gasteiger partial charge in [-0.3, -0.25) is 0 Å². The molecule has 0 aliphatic heterocycles. The number of fused-ring (bicyclic) bond motifs is 5. The molecule has 0 saturated heterocycles. The van der Waals surface area contributed by atoms with Crippen LogP contribution in [0.15, 0.2) is 158 Å². The molecule has 0 aliphatic rings.